The van der Waals surface area contributed by atoms with Gasteiger partial charge in [0.15, 0.2) is 6.10 Å². The third-order valence-electron chi connectivity index (χ3n) is 5.84. The number of amides is 1. The summed E-state index contributed by atoms with van der Waals surface area (Å²) in [5.74, 6) is 0.781. The van der Waals surface area contributed by atoms with Crippen molar-refractivity contribution in [1.82, 2.24) is 4.98 Å². The number of nitrogens with zero attached hydrogens (tertiary/aromatic N) is 2. The lowest BCUT2D eigenvalue weighted by Gasteiger charge is -2.40. The van der Waals surface area contributed by atoms with E-state index in [0.29, 0.717) is 13.1 Å². The van der Waals surface area contributed by atoms with E-state index in [0.717, 1.165) is 42.3 Å². The molecule has 0 radical (unpaired) electrons. The van der Waals surface area contributed by atoms with Gasteiger partial charge in [-0.1, -0.05) is 19.4 Å². The number of ether oxygens (including phenoxy) is 1. The molecule has 1 saturated heterocycles. The number of rotatable bonds is 5. The molecule has 1 unspecified atom stereocenters. The third kappa shape index (κ3) is 3.79. The molecule has 5 heteroatoms. The number of aromatic nitrogens is 1. The van der Waals surface area contributed by atoms with Crippen molar-refractivity contribution in [3.8, 4) is 5.75 Å². The molecule has 1 amide bonds. The number of likely N-dealkylation sites (tertiary alicyclic amines) is 1. The molecule has 1 aromatic heterocycles. The number of unbranched alkanes of at least 4 members (excludes halogenated alkanes) is 1. The van der Waals surface area contributed by atoms with Gasteiger partial charge in [0.05, 0.1) is 6.54 Å². The first kappa shape index (κ1) is 19.6. The van der Waals surface area contributed by atoms with Crippen molar-refractivity contribution in [3.63, 3.8) is 0 Å². The molecule has 2 heterocycles. The largest absolute Gasteiger partial charge is 0.514 e. The van der Waals surface area contributed by atoms with Crippen molar-refractivity contribution in [2.75, 3.05) is 13.1 Å². The van der Waals surface area contributed by atoms with Crippen LogP contribution in [0.1, 0.15) is 52.5 Å². The van der Waals surface area contributed by atoms with Gasteiger partial charge in [-0.25, -0.2) is 4.48 Å². The summed E-state index contributed by atoms with van der Waals surface area (Å²) >= 11 is 0. The summed E-state index contributed by atoms with van der Waals surface area (Å²) < 4.78 is 6.41. The highest BCUT2D eigenvalue weighted by Crippen LogP contribution is 2.35. The third-order valence-corrected chi connectivity index (χ3v) is 5.84. The van der Waals surface area contributed by atoms with Crippen LogP contribution in [0.3, 0.4) is 0 Å². The van der Waals surface area contributed by atoms with Crippen molar-refractivity contribution in [3.05, 3.63) is 36.0 Å². The van der Waals surface area contributed by atoms with Crippen molar-refractivity contribution in [1.29, 1.82) is 0 Å². The van der Waals surface area contributed by atoms with Crippen LogP contribution in [0.15, 0.2) is 30.5 Å². The summed E-state index contributed by atoms with van der Waals surface area (Å²) in [5.41, 5.74) is 1.74. The molecule has 0 spiro atoms. The molecule has 1 N–H and O–H groups in total. The molecule has 3 rings (SSSR count). The van der Waals surface area contributed by atoms with Crippen LogP contribution in [-0.4, -0.2) is 45.4 Å². The van der Waals surface area contributed by atoms with Crippen LogP contribution >= 0.6 is 0 Å². The van der Waals surface area contributed by atoms with Crippen LogP contribution in [-0.2, 0) is 6.42 Å². The molecule has 27 heavy (non-hydrogen) atoms. The first-order valence-corrected chi connectivity index (χ1v) is 9.92. The van der Waals surface area contributed by atoms with Gasteiger partial charge in [0, 0.05) is 18.0 Å². The highest BCUT2D eigenvalue weighted by Gasteiger charge is 2.53. The van der Waals surface area contributed by atoms with E-state index in [1.54, 1.807) is 6.20 Å². The normalized spacial score (nSPS) is 22.9. The van der Waals surface area contributed by atoms with Gasteiger partial charge in [-0.05, 0) is 57.4 Å². The van der Waals surface area contributed by atoms with Crippen molar-refractivity contribution in [2.24, 2.45) is 0 Å². The number of carbonyl (C=O) groups is 1. The van der Waals surface area contributed by atoms with E-state index in [9.17, 15) is 9.90 Å². The van der Waals surface area contributed by atoms with Gasteiger partial charge in [0.1, 0.15) is 23.3 Å². The quantitative estimate of drug-likeness (QED) is 0.750. The van der Waals surface area contributed by atoms with Crippen LogP contribution in [0.5, 0.6) is 5.75 Å². The second kappa shape index (κ2) is 7.47. The molecule has 0 bridgehead atoms. The van der Waals surface area contributed by atoms with Crippen LogP contribution in [0.4, 0.5) is 4.79 Å². The predicted molar refractivity (Wildman–Crippen MR) is 107 cm³/mol. The molecule has 5 nitrogen and oxygen atoms in total. The SMILES string of the molecule is CCCCc1cc(O[C@H]2CC[N+](C(=O)O)(C(C)(C)C)C2)c2ncccc2c1. The number of hydrogen-bond donors (Lipinski definition) is 1. The van der Waals surface area contributed by atoms with Gasteiger partial charge in [0.25, 0.3) is 0 Å². The monoisotopic (exact) mass is 371 g/mol. The Morgan fingerprint density at radius 2 is 2.15 bits per heavy atom. The number of benzene rings is 1. The topological polar surface area (TPSA) is 59.4 Å². The number of carboxylic acid groups (broad SMARTS) is 1. The number of quaternary nitrogens is 1. The Kier molecular flexibility index (Phi) is 5.43. The van der Waals surface area contributed by atoms with Crippen molar-refractivity contribution in [2.45, 2.75) is 65.0 Å². The molecule has 0 saturated carbocycles. The molecular formula is C22H31N2O3+. The highest BCUT2D eigenvalue weighted by molar-refractivity contribution is 5.85. The zero-order valence-corrected chi connectivity index (χ0v) is 16.9. The highest BCUT2D eigenvalue weighted by atomic mass is 16.5. The van der Waals surface area contributed by atoms with Crippen LogP contribution < -0.4 is 4.74 Å². The van der Waals surface area contributed by atoms with Gasteiger partial charge in [-0.2, -0.15) is 4.79 Å². The maximum Gasteiger partial charge on any atom is 0.514 e. The Bertz CT molecular complexity index is 828. The summed E-state index contributed by atoms with van der Waals surface area (Å²) in [7, 11) is 0. The summed E-state index contributed by atoms with van der Waals surface area (Å²) in [5, 5.41) is 11.0. The summed E-state index contributed by atoms with van der Waals surface area (Å²) in [6.07, 6.45) is 4.92. The molecule has 0 aliphatic carbocycles. The zero-order chi connectivity index (χ0) is 19.7. The molecule has 1 aliphatic rings. The Hall–Kier alpha value is -2.14. The molecule has 2 aromatic rings. The molecule has 1 fully saturated rings. The zero-order valence-electron chi connectivity index (χ0n) is 16.9. The van der Waals surface area contributed by atoms with Gasteiger partial charge >= 0.3 is 6.09 Å². The maximum absolute atomic E-state index is 12.1. The molecule has 146 valence electrons. The fraction of sp³-hybridized carbons (Fsp3) is 0.545. The van der Waals surface area contributed by atoms with E-state index in [1.807, 2.05) is 26.8 Å². The van der Waals surface area contributed by atoms with E-state index in [4.69, 9.17) is 4.74 Å². The van der Waals surface area contributed by atoms with E-state index in [1.165, 1.54) is 5.56 Å². The van der Waals surface area contributed by atoms with Crippen molar-refractivity contribution < 1.29 is 19.1 Å². The van der Waals surface area contributed by atoms with E-state index >= 15 is 0 Å². The Morgan fingerprint density at radius 3 is 2.78 bits per heavy atom. The summed E-state index contributed by atoms with van der Waals surface area (Å²) in [6, 6.07) is 8.28. The maximum atomic E-state index is 12.1. The molecular weight excluding hydrogens is 340 g/mol. The van der Waals surface area contributed by atoms with Gasteiger partial charge in [-0.3, -0.25) is 4.98 Å². The molecule has 2 atom stereocenters. The second-order valence-electron chi connectivity index (χ2n) is 8.63. The Balaban J connectivity index is 1.89. The van der Waals surface area contributed by atoms with Gasteiger partial charge in [-0.15, -0.1) is 0 Å². The first-order valence-electron chi connectivity index (χ1n) is 9.92. The van der Waals surface area contributed by atoms with Crippen LogP contribution in [0.25, 0.3) is 10.9 Å². The first-order chi connectivity index (χ1) is 12.8. The molecule has 1 aliphatic heterocycles. The van der Waals surface area contributed by atoms with E-state index in [-0.39, 0.29) is 16.1 Å². The van der Waals surface area contributed by atoms with Gasteiger partial charge in [0.2, 0.25) is 0 Å². The van der Waals surface area contributed by atoms with Crippen molar-refractivity contribution >= 4 is 17.0 Å². The second-order valence-corrected chi connectivity index (χ2v) is 8.63. The Labute approximate surface area is 161 Å². The minimum Gasteiger partial charge on any atom is -0.482 e. The average Bonchev–Trinajstić information content (AvgIpc) is 3.05. The minimum atomic E-state index is -0.770. The fourth-order valence-corrected chi connectivity index (χ4v) is 4.07. The van der Waals surface area contributed by atoms with E-state index in [2.05, 4.69) is 30.1 Å². The lowest BCUT2D eigenvalue weighted by atomic mass is 10.0. The molecule has 1 aromatic carbocycles. The minimum absolute atomic E-state index is 0.0402. The smallest absolute Gasteiger partial charge is 0.482 e. The van der Waals surface area contributed by atoms with E-state index < -0.39 is 6.09 Å². The number of aryl methyl sites for hydroxylation is 1. The van der Waals surface area contributed by atoms with Crippen LogP contribution in [0, 0.1) is 0 Å². The number of pyridine rings is 1. The number of fused-ring (bicyclic) bond motifs is 1. The average molecular weight is 372 g/mol. The standard InChI is InChI=1S/C22H30N2O3/c1-5-6-8-16-13-17-9-7-11-23-20(17)19(14-16)27-18-10-12-24(15-18,21(25)26)22(2,3)4/h7,9,11,13-14,18H,5-6,8,10,12,15H2,1-4H3/p+1/t18-,24?/m0/s1. The lowest BCUT2D eigenvalue weighted by molar-refractivity contribution is -0.893. The number of hydrogen-bond acceptors (Lipinski definition) is 3. The fourth-order valence-electron chi connectivity index (χ4n) is 4.07. The van der Waals surface area contributed by atoms with Gasteiger partial charge < -0.3 is 9.84 Å². The summed E-state index contributed by atoms with van der Waals surface area (Å²) in [6.45, 7) is 9.23. The summed E-state index contributed by atoms with van der Waals surface area (Å²) in [4.78, 5) is 16.6. The van der Waals surface area contributed by atoms with Crippen LogP contribution in [0.2, 0.25) is 0 Å². The lowest BCUT2D eigenvalue weighted by Crippen LogP contribution is -2.62. The predicted octanol–water partition coefficient (Wildman–Crippen LogP) is 5.02. The Morgan fingerprint density at radius 1 is 1.37 bits per heavy atom.